The molecule has 0 atom stereocenters. The first-order valence-electron chi connectivity index (χ1n) is 5.91. The topological polar surface area (TPSA) is 55.4 Å². The molecule has 2 rings (SSSR count). The number of hydrogen-bond donors (Lipinski definition) is 1. The minimum Gasteiger partial charge on any atom is -0.444 e. The first kappa shape index (κ1) is 14.3. The van der Waals surface area contributed by atoms with Crippen molar-refractivity contribution in [3.8, 4) is 0 Å². The molecule has 0 saturated heterocycles. The van der Waals surface area contributed by atoms with E-state index < -0.39 is 6.09 Å². The summed E-state index contributed by atoms with van der Waals surface area (Å²) in [5.74, 6) is 0. The van der Waals surface area contributed by atoms with E-state index >= 15 is 0 Å². The fourth-order valence-corrected chi connectivity index (χ4v) is 1.99. The van der Waals surface area contributed by atoms with Gasteiger partial charge in [-0.05, 0) is 23.8 Å². The summed E-state index contributed by atoms with van der Waals surface area (Å²) in [4.78, 5) is 22.6. The molecule has 0 radical (unpaired) electrons. The molecule has 0 saturated carbocycles. The van der Waals surface area contributed by atoms with Gasteiger partial charge >= 0.3 is 6.09 Å². The SMILES string of the molecule is O=Cc1cc(Br)ccc1NC(=O)OCc1ccccc1. The van der Waals surface area contributed by atoms with Crippen LogP contribution in [0.1, 0.15) is 15.9 Å². The number of halogens is 1. The molecular formula is C15H12BrNO3. The van der Waals surface area contributed by atoms with Gasteiger partial charge in [0.05, 0.1) is 5.69 Å². The van der Waals surface area contributed by atoms with Crippen LogP contribution in [0.25, 0.3) is 0 Å². The summed E-state index contributed by atoms with van der Waals surface area (Å²) in [5, 5.41) is 2.55. The van der Waals surface area contributed by atoms with E-state index in [0.717, 1.165) is 10.0 Å². The quantitative estimate of drug-likeness (QED) is 0.860. The van der Waals surface area contributed by atoms with Crippen molar-refractivity contribution in [2.45, 2.75) is 6.61 Å². The van der Waals surface area contributed by atoms with Crippen LogP contribution in [0.2, 0.25) is 0 Å². The van der Waals surface area contributed by atoms with Crippen LogP contribution < -0.4 is 5.32 Å². The number of aldehydes is 1. The van der Waals surface area contributed by atoms with Crippen molar-refractivity contribution >= 4 is 34.0 Å². The van der Waals surface area contributed by atoms with Crippen molar-refractivity contribution in [1.29, 1.82) is 0 Å². The standard InChI is InChI=1S/C15H12BrNO3/c16-13-6-7-14(12(8-13)9-18)17-15(19)20-10-11-4-2-1-3-5-11/h1-9H,10H2,(H,17,19). The molecule has 1 amide bonds. The third-order valence-electron chi connectivity index (χ3n) is 2.59. The number of carbonyl (C=O) groups excluding carboxylic acids is 2. The highest BCUT2D eigenvalue weighted by Crippen LogP contribution is 2.19. The molecule has 5 heteroatoms. The molecule has 102 valence electrons. The molecule has 0 aliphatic rings. The van der Waals surface area contributed by atoms with Crippen molar-refractivity contribution in [3.63, 3.8) is 0 Å². The Labute approximate surface area is 124 Å². The molecule has 0 fully saturated rings. The van der Waals surface area contributed by atoms with E-state index in [-0.39, 0.29) is 6.61 Å². The molecule has 0 aliphatic carbocycles. The van der Waals surface area contributed by atoms with E-state index in [1.54, 1.807) is 18.2 Å². The van der Waals surface area contributed by atoms with Gasteiger partial charge in [-0.1, -0.05) is 46.3 Å². The van der Waals surface area contributed by atoms with Gasteiger partial charge in [0, 0.05) is 10.0 Å². The van der Waals surface area contributed by atoms with Gasteiger partial charge in [-0.3, -0.25) is 10.1 Å². The highest BCUT2D eigenvalue weighted by Gasteiger charge is 2.08. The lowest BCUT2D eigenvalue weighted by Gasteiger charge is -2.09. The summed E-state index contributed by atoms with van der Waals surface area (Å²) in [6, 6.07) is 14.4. The Morgan fingerprint density at radius 2 is 1.95 bits per heavy atom. The summed E-state index contributed by atoms with van der Waals surface area (Å²) in [6.45, 7) is 0.180. The number of amides is 1. The van der Waals surface area contributed by atoms with E-state index in [1.165, 1.54) is 0 Å². The van der Waals surface area contributed by atoms with Crippen LogP contribution in [0, 0.1) is 0 Å². The van der Waals surface area contributed by atoms with Crippen molar-refractivity contribution < 1.29 is 14.3 Å². The van der Waals surface area contributed by atoms with Crippen LogP contribution in [-0.4, -0.2) is 12.4 Å². The van der Waals surface area contributed by atoms with Gasteiger partial charge in [0.25, 0.3) is 0 Å². The number of benzene rings is 2. The maximum Gasteiger partial charge on any atom is 0.411 e. The van der Waals surface area contributed by atoms with Crippen LogP contribution in [0.4, 0.5) is 10.5 Å². The number of carbonyl (C=O) groups is 2. The first-order chi connectivity index (χ1) is 9.69. The predicted octanol–water partition coefficient (Wildman–Crippen LogP) is 4.01. The minimum atomic E-state index is -0.598. The molecule has 2 aromatic carbocycles. The Morgan fingerprint density at radius 3 is 2.65 bits per heavy atom. The molecule has 0 aromatic heterocycles. The Bertz CT molecular complexity index is 614. The zero-order chi connectivity index (χ0) is 14.4. The number of rotatable bonds is 4. The summed E-state index contributed by atoms with van der Waals surface area (Å²) in [5.41, 5.74) is 1.70. The maximum atomic E-state index is 11.7. The largest absolute Gasteiger partial charge is 0.444 e. The molecule has 0 heterocycles. The van der Waals surface area contributed by atoms with Crippen molar-refractivity contribution in [2.75, 3.05) is 5.32 Å². The number of anilines is 1. The highest BCUT2D eigenvalue weighted by molar-refractivity contribution is 9.10. The normalized spacial score (nSPS) is 9.85. The highest BCUT2D eigenvalue weighted by atomic mass is 79.9. The molecule has 0 unspecified atom stereocenters. The molecule has 0 spiro atoms. The van der Waals surface area contributed by atoms with Crippen LogP contribution in [-0.2, 0) is 11.3 Å². The summed E-state index contributed by atoms with van der Waals surface area (Å²) in [6.07, 6.45) is 0.0803. The lowest BCUT2D eigenvalue weighted by molar-refractivity contribution is 0.112. The Hall–Kier alpha value is -2.14. The smallest absolute Gasteiger partial charge is 0.411 e. The van der Waals surface area contributed by atoms with Gasteiger partial charge in [-0.15, -0.1) is 0 Å². The third-order valence-corrected chi connectivity index (χ3v) is 3.08. The summed E-state index contributed by atoms with van der Waals surface area (Å²) >= 11 is 3.26. The second-order valence-corrected chi connectivity index (χ2v) is 4.95. The number of hydrogen-bond acceptors (Lipinski definition) is 3. The summed E-state index contributed by atoms with van der Waals surface area (Å²) in [7, 11) is 0. The van der Waals surface area contributed by atoms with Crippen molar-refractivity contribution in [2.24, 2.45) is 0 Å². The fraction of sp³-hybridized carbons (Fsp3) is 0.0667. The number of ether oxygens (including phenoxy) is 1. The van der Waals surface area contributed by atoms with E-state index in [1.807, 2.05) is 30.3 Å². The van der Waals surface area contributed by atoms with Gasteiger partial charge in [-0.25, -0.2) is 4.79 Å². The molecular weight excluding hydrogens is 322 g/mol. The molecule has 2 aromatic rings. The Kier molecular flexibility index (Phi) is 4.90. The maximum absolute atomic E-state index is 11.7. The second-order valence-electron chi connectivity index (χ2n) is 4.04. The van der Waals surface area contributed by atoms with Crippen LogP contribution in [0.3, 0.4) is 0 Å². The Balaban J connectivity index is 1.96. The number of nitrogens with one attached hydrogen (secondary N) is 1. The Morgan fingerprint density at radius 1 is 1.20 bits per heavy atom. The van der Waals surface area contributed by atoms with E-state index in [0.29, 0.717) is 17.5 Å². The fourth-order valence-electron chi connectivity index (χ4n) is 1.61. The summed E-state index contributed by atoms with van der Waals surface area (Å²) < 4.78 is 5.85. The third kappa shape index (κ3) is 3.93. The zero-order valence-corrected chi connectivity index (χ0v) is 12.1. The van der Waals surface area contributed by atoms with Crippen molar-refractivity contribution in [1.82, 2.24) is 0 Å². The predicted molar refractivity (Wildman–Crippen MR) is 79.8 cm³/mol. The van der Waals surface area contributed by atoms with E-state index in [2.05, 4.69) is 21.2 Å². The second kappa shape index (κ2) is 6.86. The molecule has 0 aliphatic heterocycles. The van der Waals surface area contributed by atoms with Crippen molar-refractivity contribution in [3.05, 3.63) is 64.1 Å². The van der Waals surface area contributed by atoms with Gasteiger partial charge in [0.1, 0.15) is 6.61 Å². The molecule has 0 bridgehead atoms. The van der Waals surface area contributed by atoms with Crippen LogP contribution in [0.5, 0.6) is 0 Å². The monoisotopic (exact) mass is 333 g/mol. The van der Waals surface area contributed by atoms with Gasteiger partial charge in [0.2, 0.25) is 0 Å². The lowest BCUT2D eigenvalue weighted by Crippen LogP contribution is -2.14. The molecule has 1 N–H and O–H groups in total. The van der Waals surface area contributed by atoms with Gasteiger partial charge in [0.15, 0.2) is 6.29 Å². The van der Waals surface area contributed by atoms with Gasteiger partial charge < -0.3 is 4.74 Å². The van der Waals surface area contributed by atoms with Crippen LogP contribution in [0.15, 0.2) is 53.0 Å². The average molecular weight is 334 g/mol. The molecule has 20 heavy (non-hydrogen) atoms. The average Bonchev–Trinajstić information content (AvgIpc) is 2.48. The lowest BCUT2D eigenvalue weighted by atomic mass is 10.2. The minimum absolute atomic E-state index is 0.180. The van der Waals surface area contributed by atoms with E-state index in [4.69, 9.17) is 4.74 Å². The van der Waals surface area contributed by atoms with Gasteiger partial charge in [-0.2, -0.15) is 0 Å². The molecule has 4 nitrogen and oxygen atoms in total. The zero-order valence-electron chi connectivity index (χ0n) is 10.5. The van der Waals surface area contributed by atoms with E-state index in [9.17, 15) is 9.59 Å². The first-order valence-corrected chi connectivity index (χ1v) is 6.71. The van der Waals surface area contributed by atoms with Crippen LogP contribution >= 0.6 is 15.9 Å².